The van der Waals surface area contributed by atoms with Gasteiger partial charge in [0.15, 0.2) is 0 Å². The van der Waals surface area contributed by atoms with Crippen molar-refractivity contribution in [3.8, 4) is 23.1 Å². The van der Waals surface area contributed by atoms with Gasteiger partial charge < -0.3 is 34.3 Å². The lowest BCUT2D eigenvalue weighted by molar-refractivity contribution is -0.189. The Bertz CT molecular complexity index is 2780. The van der Waals surface area contributed by atoms with Crippen LogP contribution in [0.25, 0.3) is 27.7 Å². The molecule has 18 heteroatoms. The molecule has 6 heterocycles. The lowest BCUT2D eigenvalue weighted by Crippen LogP contribution is -2.67. The van der Waals surface area contributed by atoms with E-state index in [2.05, 4.69) is 52.8 Å². The molecule has 17 nitrogen and oxygen atoms in total. The van der Waals surface area contributed by atoms with Gasteiger partial charge in [-0.05, 0) is 104 Å². The minimum Gasteiger partial charge on any atom is -0.462 e. The van der Waals surface area contributed by atoms with E-state index >= 15 is 0 Å². The Labute approximate surface area is 434 Å². The number of methoxy groups -OCH3 is 1. The molecule has 4 amide bonds. The van der Waals surface area contributed by atoms with Crippen LogP contribution in [0.1, 0.15) is 104 Å². The smallest absolute Gasteiger partial charge is 0.355 e. The topological polar surface area (TPSA) is 191 Å². The Morgan fingerprint density at radius 1 is 1.15 bits per heavy atom. The number of benzene rings is 1. The van der Waals surface area contributed by atoms with Gasteiger partial charge in [0, 0.05) is 91.7 Å². The third kappa shape index (κ3) is 11.1. The van der Waals surface area contributed by atoms with Gasteiger partial charge in [0.25, 0.3) is 11.8 Å². The van der Waals surface area contributed by atoms with Crippen molar-refractivity contribution in [3.05, 3.63) is 58.2 Å². The number of thiazole rings is 1. The molecule has 3 N–H and O–H groups in total. The molecule has 0 aliphatic carbocycles. The van der Waals surface area contributed by atoms with Crippen molar-refractivity contribution in [2.24, 2.45) is 21.7 Å². The van der Waals surface area contributed by atoms with E-state index in [0.29, 0.717) is 55.3 Å². The molecule has 5 atom stereocenters. The molecule has 0 unspecified atom stereocenters. The summed E-state index contributed by atoms with van der Waals surface area (Å²) < 4.78 is 14.1. The predicted molar refractivity (Wildman–Crippen MR) is 284 cm³/mol. The van der Waals surface area contributed by atoms with E-state index in [1.54, 1.807) is 23.1 Å². The van der Waals surface area contributed by atoms with E-state index in [1.165, 1.54) is 16.3 Å². The van der Waals surface area contributed by atoms with E-state index in [9.17, 15) is 29.1 Å². The summed E-state index contributed by atoms with van der Waals surface area (Å²) in [5.74, 6) is 2.90. The van der Waals surface area contributed by atoms with Crippen LogP contribution in [0.3, 0.4) is 0 Å². The number of cyclic esters (lactones) is 1. The van der Waals surface area contributed by atoms with Crippen LogP contribution >= 0.6 is 11.3 Å². The molecule has 3 fully saturated rings. The summed E-state index contributed by atoms with van der Waals surface area (Å²) >= 11 is 1.35. The Morgan fingerprint density at radius 2 is 1.88 bits per heavy atom. The van der Waals surface area contributed by atoms with Gasteiger partial charge in [-0.25, -0.2) is 9.78 Å². The second-order valence-electron chi connectivity index (χ2n) is 21.8. The molecule has 4 aliphatic rings. The number of carbonyl (C=O) groups is 5. The van der Waals surface area contributed by atoms with E-state index in [4.69, 9.17) is 19.5 Å². The van der Waals surface area contributed by atoms with E-state index in [-0.39, 0.29) is 62.8 Å². The number of fused-ring (bicyclic) bond motifs is 6. The first kappa shape index (κ1) is 55.0. The van der Waals surface area contributed by atoms with Gasteiger partial charge in [-0.1, -0.05) is 52.3 Å². The number of hydrogen-bond acceptors (Lipinski definition) is 13. The molecule has 0 saturated carbocycles. The number of rotatable bonds is 11. The first-order chi connectivity index (χ1) is 34.4. The SMILES string of the molecule is C=C/C(=C(\N=CC)[C@H](C)OC)c1c2c3cc(ccc3n1CC)-c1csc(n1)C[C@H](NC(=O)[C@H](C(C)C)N1CC[C@]3(CCN(C(=O)C#CC(C)(C)N(C)C)C3)C1=O)C(=O)N1CCC[C@@](O)(N1)C(=O)OCC(C)(C)C2. The number of aromatic nitrogens is 2. The first-order valence-corrected chi connectivity index (χ1v) is 26.4. The quantitative estimate of drug-likeness (QED) is 0.0939. The fraction of sp³-hybridized carbons (Fsp3) is 0.582. The van der Waals surface area contributed by atoms with Crippen molar-refractivity contribution < 1.29 is 38.6 Å². The minimum absolute atomic E-state index is 0.0222. The molecule has 3 aromatic rings. The number of esters is 1. The number of nitrogens with one attached hydrogen (secondary N) is 2. The molecule has 3 saturated heterocycles. The maximum atomic E-state index is 14.8. The molecule has 4 aliphatic heterocycles. The number of hydrogen-bond donors (Lipinski definition) is 3. The van der Waals surface area contributed by atoms with E-state index < -0.39 is 52.0 Å². The summed E-state index contributed by atoms with van der Waals surface area (Å²) in [5, 5.41) is 19.6. The molecular formula is C55H75N9O8S. The Hall–Kier alpha value is -5.71. The zero-order valence-corrected chi connectivity index (χ0v) is 45.6. The van der Waals surface area contributed by atoms with Gasteiger partial charge in [0.2, 0.25) is 17.5 Å². The van der Waals surface area contributed by atoms with Crippen molar-refractivity contribution in [1.29, 1.82) is 0 Å². The molecule has 1 spiro atoms. The molecule has 7 rings (SSSR count). The summed E-state index contributed by atoms with van der Waals surface area (Å²) in [7, 11) is 5.44. The fourth-order valence-electron chi connectivity index (χ4n) is 10.5. The number of aliphatic hydroxyl groups is 1. The van der Waals surface area contributed by atoms with Crippen molar-refractivity contribution in [2.75, 3.05) is 54.0 Å². The molecule has 73 heavy (non-hydrogen) atoms. The number of allylic oxidation sites excluding steroid dienone is 2. The molecule has 0 radical (unpaired) electrons. The zero-order valence-electron chi connectivity index (χ0n) is 44.8. The van der Waals surface area contributed by atoms with Crippen LogP contribution in [0.5, 0.6) is 0 Å². The number of carbonyl (C=O) groups excluding carboxylic acids is 5. The van der Waals surface area contributed by atoms with Gasteiger partial charge in [0.1, 0.15) is 12.1 Å². The lowest BCUT2D eigenvalue weighted by atomic mass is 9.84. The van der Waals surface area contributed by atoms with Crippen LogP contribution < -0.4 is 10.7 Å². The number of ether oxygens (including phenoxy) is 2. The number of aliphatic imine (C=N–C) groups is 1. The van der Waals surface area contributed by atoms with Crippen LogP contribution in [-0.4, -0.2) is 154 Å². The highest BCUT2D eigenvalue weighted by molar-refractivity contribution is 7.10. The first-order valence-electron chi connectivity index (χ1n) is 25.5. The number of hydrazine groups is 1. The summed E-state index contributed by atoms with van der Waals surface area (Å²) in [6.45, 7) is 23.3. The highest BCUT2D eigenvalue weighted by Crippen LogP contribution is 2.43. The highest BCUT2D eigenvalue weighted by atomic mass is 32.1. The molecule has 2 aromatic heterocycles. The molecule has 1 aromatic carbocycles. The van der Waals surface area contributed by atoms with Crippen molar-refractivity contribution in [2.45, 2.75) is 137 Å². The van der Waals surface area contributed by atoms with Crippen molar-refractivity contribution in [1.82, 2.24) is 40.0 Å². The number of aryl methyl sites for hydroxylation is 1. The zero-order chi connectivity index (χ0) is 53.4. The molecule has 6 bridgehead atoms. The number of likely N-dealkylation sites (tertiary alicyclic amines) is 2. The van der Waals surface area contributed by atoms with Crippen LogP contribution in [-0.2, 0) is 52.8 Å². The number of nitrogens with zero attached hydrogens (tertiary/aromatic N) is 7. The Balaban J connectivity index is 1.25. The van der Waals surface area contributed by atoms with Crippen LogP contribution in [0.15, 0.2) is 46.9 Å². The number of amides is 4. The highest BCUT2D eigenvalue weighted by Gasteiger charge is 2.54. The second-order valence-corrected chi connectivity index (χ2v) is 22.8. The van der Waals surface area contributed by atoms with Crippen LogP contribution in [0.2, 0.25) is 0 Å². The normalized spacial score (nSPS) is 24.0. The van der Waals surface area contributed by atoms with Gasteiger partial charge in [-0.2, -0.15) is 5.43 Å². The predicted octanol–water partition coefficient (Wildman–Crippen LogP) is 5.60. The average molecular weight is 1020 g/mol. The summed E-state index contributed by atoms with van der Waals surface area (Å²) in [5.41, 5.74) is 4.42. The summed E-state index contributed by atoms with van der Waals surface area (Å²) in [6.07, 6.45) is 4.77. The largest absolute Gasteiger partial charge is 0.462 e. The van der Waals surface area contributed by atoms with Crippen molar-refractivity contribution >= 4 is 63.6 Å². The summed E-state index contributed by atoms with van der Waals surface area (Å²) in [4.78, 5) is 86.6. The third-order valence-corrected chi connectivity index (χ3v) is 16.0. The lowest BCUT2D eigenvalue weighted by Gasteiger charge is -2.40. The average Bonchev–Trinajstić information content (AvgIpc) is 4.14. The maximum absolute atomic E-state index is 14.8. The standard InChI is InChI=1S/C55H75N9O8S/c1-14-37(45(56-15-2)35(6)71-13)47-39-30-52(7,8)33-72-51(69)55(70)21-17-25-64(59-55)49(67)40(29-43-57-41(31-73-43)36-18-19-42(38(39)28-36)62(47)16-3)58-48(66)46(34(4)5)63-27-24-54(50(63)68)23-26-61(32-54)44(65)20-22-53(9,10)60(11)12/h14-15,18-19,28,31,34-35,40,46,59,70H,1,16-17,21,23-27,29-30,32-33H2,2-13H3,(H,58,66)/b45-37+,56-15?/t35-,40-,46-,54-,55-/m0/s1. The van der Waals surface area contributed by atoms with Gasteiger partial charge in [-0.15, -0.1) is 11.3 Å². The van der Waals surface area contributed by atoms with Crippen LogP contribution in [0.4, 0.5) is 0 Å². The van der Waals surface area contributed by atoms with E-state index in [1.807, 2.05) is 91.9 Å². The Kier molecular flexibility index (Phi) is 16.3. The van der Waals surface area contributed by atoms with Crippen molar-refractivity contribution in [3.63, 3.8) is 0 Å². The second kappa shape index (κ2) is 21.6. The van der Waals surface area contributed by atoms with Gasteiger partial charge in [-0.3, -0.25) is 34.1 Å². The van der Waals surface area contributed by atoms with Gasteiger partial charge >= 0.3 is 5.97 Å². The molecule has 394 valence electrons. The van der Waals surface area contributed by atoms with E-state index in [0.717, 1.165) is 33.3 Å². The van der Waals surface area contributed by atoms with Crippen LogP contribution in [0, 0.1) is 28.6 Å². The minimum atomic E-state index is -2.25. The Morgan fingerprint density at radius 3 is 2.53 bits per heavy atom. The third-order valence-electron chi connectivity index (χ3n) is 15.2. The fourth-order valence-corrected chi connectivity index (χ4v) is 11.4. The van der Waals surface area contributed by atoms with Gasteiger partial charge in [0.05, 0.1) is 45.8 Å². The maximum Gasteiger partial charge on any atom is 0.355 e. The molecular weight excluding hydrogens is 947 g/mol. The monoisotopic (exact) mass is 1020 g/mol. The summed E-state index contributed by atoms with van der Waals surface area (Å²) in [6, 6.07) is 4.05.